The Morgan fingerprint density at radius 1 is 1.03 bits per heavy atom. The highest BCUT2D eigenvalue weighted by Gasteiger charge is 2.34. The van der Waals surface area contributed by atoms with Crippen molar-refractivity contribution < 1.29 is 18.4 Å². The summed E-state index contributed by atoms with van der Waals surface area (Å²) in [4.78, 5) is 35.6. The molecule has 1 aliphatic rings. The molecule has 2 aromatic carbocycles. The average Bonchev–Trinajstić information content (AvgIpc) is 3.29. The molecule has 5 rings (SSSR count). The van der Waals surface area contributed by atoms with Crippen LogP contribution in [0.3, 0.4) is 0 Å². The first-order valence-electron chi connectivity index (χ1n) is 12.0. The van der Waals surface area contributed by atoms with Gasteiger partial charge in [-0.25, -0.2) is 13.8 Å². The summed E-state index contributed by atoms with van der Waals surface area (Å²) in [5, 5.41) is 2.84. The van der Waals surface area contributed by atoms with Crippen LogP contribution >= 0.6 is 0 Å². The predicted octanol–water partition coefficient (Wildman–Crippen LogP) is 5.95. The Bertz CT molecular complexity index is 1480. The quantitative estimate of drug-likeness (QED) is 0.355. The van der Waals surface area contributed by atoms with Crippen molar-refractivity contribution >= 4 is 17.6 Å². The van der Waals surface area contributed by atoms with E-state index in [2.05, 4.69) is 15.3 Å². The first-order chi connectivity index (χ1) is 17.7. The van der Waals surface area contributed by atoms with Crippen molar-refractivity contribution in [3.63, 3.8) is 0 Å². The number of aromatic nitrogens is 2. The van der Waals surface area contributed by atoms with E-state index in [0.29, 0.717) is 40.3 Å². The third kappa shape index (κ3) is 4.62. The second-order valence-corrected chi connectivity index (χ2v) is 9.45. The van der Waals surface area contributed by atoms with Crippen LogP contribution < -0.4 is 5.32 Å². The number of halogens is 2. The Morgan fingerprint density at radius 2 is 1.68 bits per heavy atom. The Kier molecular flexibility index (Phi) is 6.33. The molecule has 2 atom stereocenters. The Balaban J connectivity index is 1.54. The molecule has 188 valence electrons. The van der Waals surface area contributed by atoms with Crippen molar-refractivity contribution in [2.24, 2.45) is 0 Å². The molecule has 0 bridgehead atoms. The van der Waals surface area contributed by atoms with Gasteiger partial charge >= 0.3 is 0 Å². The minimum Gasteiger partial charge on any atom is -0.357 e. The van der Waals surface area contributed by atoms with Gasteiger partial charge in [-0.3, -0.25) is 9.59 Å². The van der Waals surface area contributed by atoms with Crippen LogP contribution in [0.1, 0.15) is 47.3 Å². The van der Waals surface area contributed by atoms with Gasteiger partial charge in [-0.15, -0.1) is 0 Å². The number of carbonyl (C=O) groups is 2. The van der Waals surface area contributed by atoms with E-state index in [1.165, 1.54) is 24.3 Å². The standard InChI is InChI=1S/C29H26F2N4O2/c1-16-15-35(3)29(37)25-24(19-6-10-22(31)11-7-19)27(34-26(16)25)20-12-13-32-23(14-20)33-28(36)17(2)18-4-8-21(30)9-5-18/h4-14,16-17,34H,15H2,1-3H3,(H,32,33,36). The molecule has 1 aliphatic heterocycles. The number of amides is 2. The summed E-state index contributed by atoms with van der Waals surface area (Å²) in [5.41, 5.74) is 4.87. The van der Waals surface area contributed by atoms with Gasteiger partial charge in [-0.1, -0.05) is 31.2 Å². The summed E-state index contributed by atoms with van der Waals surface area (Å²) in [5.74, 6) is -1.23. The zero-order valence-electron chi connectivity index (χ0n) is 20.7. The van der Waals surface area contributed by atoms with E-state index in [4.69, 9.17) is 0 Å². The topological polar surface area (TPSA) is 78.1 Å². The summed E-state index contributed by atoms with van der Waals surface area (Å²) < 4.78 is 27.0. The number of nitrogens with zero attached hydrogens (tertiary/aromatic N) is 2. The highest BCUT2D eigenvalue weighted by molar-refractivity contribution is 6.07. The van der Waals surface area contributed by atoms with Crippen LogP contribution in [-0.4, -0.2) is 40.3 Å². The maximum absolute atomic E-state index is 13.7. The lowest BCUT2D eigenvalue weighted by Gasteiger charge is -2.28. The lowest BCUT2D eigenvalue weighted by atomic mass is 9.91. The number of fused-ring (bicyclic) bond motifs is 1. The molecule has 4 aromatic rings. The van der Waals surface area contributed by atoms with Gasteiger partial charge in [0.05, 0.1) is 17.2 Å². The predicted molar refractivity (Wildman–Crippen MR) is 138 cm³/mol. The van der Waals surface area contributed by atoms with Crippen LogP contribution in [0, 0.1) is 11.6 Å². The molecule has 2 unspecified atom stereocenters. The zero-order chi connectivity index (χ0) is 26.3. The Labute approximate surface area is 213 Å². The molecule has 0 aliphatic carbocycles. The van der Waals surface area contributed by atoms with Crippen LogP contribution in [0.5, 0.6) is 0 Å². The molecule has 2 amide bonds. The van der Waals surface area contributed by atoms with Crippen molar-refractivity contribution in [1.29, 1.82) is 0 Å². The Morgan fingerprint density at radius 3 is 2.35 bits per heavy atom. The minimum atomic E-state index is -0.521. The molecule has 0 spiro atoms. The maximum Gasteiger partial charge on any atom is 0.256 e. The van der Waals surface area contributed by atoms with E-state index in [1.807, 2.05) is 6.92 Å². The summed E-state index contributed by atoms with van der Waals surface area (Å²) in [6, 6.07) is 15.4. The number of hydrogen-bond donors (Lipinski definition) is 2. The van der Waals surface area contributed by atoms with Crippen LogP contribution in [0.15, 0.2) is 66.9 Å². The van der Waals surface area contributed by atoms with Crippen molar-refractivity contribution in [3.05, 3.63) is 95.3 Å². The molecule has 0 saturated heterocycles. The molecule has 2 N–H and O–H groups in total. The van der Waals surface area contributed by atoms with E-state index in [-0.39, 0.29) is 29.4 Å². The lowest BCUT2D eigenvalue weighted by molar-refractivity contribution is -0.117. The van der Waals surface area contributed by atoms with Gasteiger partial charge in [-0.2, -0.15) is 0 Å². The van der Waals surface area contributed by atoms with Crippen molar-refractivity contribution in [2.45, 2.75) is 25.7 Å². The highest BCUT2D eigenvalue weighted by Crippen LogP contribution is 2.42. The molecule has 3 heterocycles. The van der Waals surface area contributed by atoms with Crippen LogP contribution in [0.25, 0.3) is 22.4 Å². The summed E-state index contributed by atoms with van der Waals surface area (Å²) in [6.07, 6.45) is 1.58. The van der Waals surface area contributed by atoms with Crippen LogP contribution in [0.2, 0.25) is 0 Å². The third-order valence-corrected chi connectivity index (χ3v) is 6.83. The molecular weight excluding hydrogens is 474 g/mol. The van der Waals surface area contributed by atoms with E-state index in [9.17, 15) is 18.4 Å². The third-order valence-electron chi connectivity index (χ3n) is 6.83. The van der Waals surface area contributed by atoms with Gasteiger partial charge in [-0.05, 0) is 54.4 Å². The SMILES string of the molecule is CC1CN(C)C(=O)c2c1[nH]c(-c1ccnc(NC(=O)C(C)c3ccc(F)cc3)c1)c2-c1ccc(F)cc1. The number of nitrogens with one attached hydrogen (secondary N) is 2. The van der Waals surface area contributed by atoms with E-state index in [0.717, 1.165) is 11.3 Å². The average molecular weight is 501 g/mol. The van der Waals surface area contributed by atoms with Crippen molar-refractivity contribution in [3.8, 4) is 22.4 Å². The van der Waals surface area contributed by atoms with E-state index >= 15 is 0 Å². The largest absolute Gasteiger partial charge is 0.357 e. The molecule has 0 fully saturated rings. The fourth-order valence-electron chi connectivity index (χ4n) is 4.80. The number of rotatable bonds is 5. The van der Waals surface area contributed by atoms with Crippen molar-refractivity contribution in [2.75, 3.05) is 18.9 Å². The van der Waals surface area contributed by atoms with Crippen LogP contribution in [0.4, 0.5) is 14.6 Å². The van der Waals surface area contributed by atoms with Gasteiger partial charge in [0.1, 0.15) is 17.5 Å². The number of aromatic amines is 1. The molecule has 37 heavy (non-hydrogen) atoms. The molecule has 0 saturated carbocycles. The van der Waals surface area contributed by atoms with E-state index < -0.39 is 5.92 Å². The van der Waals surface area contributed by atoms with Gasteiger partial charge in [0.15, 0.2) is 0 Å². The molecule has 8 heteroatoms. The van der Waals surface area contributed by atoms with Gasteiger partial charge < -0.3 is 15.2 Å². The monoisotopic (exact) mass is 500 g/mol. The summed E-state index contributed by atoms with van der Waals surface area (Å²) >= 11 is 0. The first-order valence-corrected chi connectivity index (χ1v) is 12.0. The molecule has 0 radical (unpaired) electrons. The first kappa shape index (κ1) is 24.4. The minimum absolute atomic E-state index is 0.0724. The number of anilines is 1. The van der Waals surface area contributed by atoms with Gasteiger partial charge in [0.2, 0.25) is 5.91 Å². The Hall–Kier alpha value is -4.33. The number of hydrogen-bond acceptors (Lipinski definition) is 3. The van der Waals surface area contributed by atoms with Gasteiger partial charge in [0.25, 0.3) is 5.91 Å². The number of likely N-dealkylation sites (N-methyl/N-ethyl adjacent to an activating group) is 1. The normalized spacial score (nSPS) is 15.9. The molecule has 6 nitrogen and oxygen atoms in total. The number of benzene rings is 2. The molecule has 2 aromatic heterocycles. The highest BCUT2D eigenvalue weighted by atomic mass is 19.1. The van der Waals surface area contributed by atoms with Crippen molar-refractivity contribution in [1.82, 2.24) is 14.9 Å². The smallest absolute Gasteiger partial charge is 0.256 e. The molecular formula is C29H26F2N4O2. The van der Waals surface area contributed by atoms with Gasteiger partial charge in [0, 0.05) is 42.5 Å². The summed E-state index contributed by atoms with van der Waals surface area (Å²) in [7, 11) is 1.77. The fourth-order valence-corrected chi connectivity index (χ4v) is 4.80. The lowest BCUT2D eigenvalue weighted by Crippen LogP contribution is -2.35. The number of H-pyrrole nitrogens is 1. The zero-order valence-corrected chi connectivity index (χ0v) is 20.7. The number of carbonyl (C=O) groups excluding carboxylic acids is 2. The second kappa shape index (κ2) is 9.61. The second-order valence-electron chi connectivity index (χ2n) is 9.45. The van der Waals surface area contributed by atoms with E-state index in [1.54, 1.807) is 61.5 Å². The van der Waals surface area contributed by atoms with Crippen LogP contribution in [-0.2, 0) is 4.79 Å². The summed E-state index contributed by atoms with van der Waals surface area (Å²) in [6.45, 7) is 4.36. The fraction of sp³-hybridized carbons (Fsp3) is 0.207. The maximum atomic E-state index is 13.7. The number of pyridine rings is 1.